The largest absolute Gasteiger partial charge is 0.379 e. The Bertz CT molecular complexity index is 121. The minimum absolute atomic E-state index is 0.263. The number of amidine groups is 1. The summed E-state index contributed by atoms with van der Waals surface area (Å²) in [6, 6.07) is 0. The van der Waals surface area contributed by atoms with Crippen molar-refractivity contribution in [1.82, 2.24) is 0 Å². The number of hydrogen-bond acceptors (Lipinski definition) is 3. The van der Waals surface area contributed by atoms with E-state index in [9.17, 15) is 0 Å². The quantitative estimate of drug-likeness (QED) is 0.473. The molecule has 0 aromatic carbocycles. The van der Waals surface area contributed by atoms with Crippen molar-refractivity contribution in [3.05, 3.63) is 0 Å². The van der Waals surface area contributed by atoms with E-state index in [0.29, 0.717) is 4.58 Å². The second-order valence-corrected chi connectivity index (χ2v) is 5.13. The van der Waals surface area contributed by atoms with Gasteiger partial charge in [-0.15, -0.1) is 11.8 Å². The highest BCUT2D eigenvalue weighted by Crippen LogP contribution is 2.32. The molecule has 1 fully saturated rings. The van der Waals surface area contributed by atoms with Gasteiger partial charge in [0.1, 0.15) is 0 Å². The number of thioether (sulfide) groups is 2. The summed E-state index contributed by atoms with van der Waals surface area (Å²) in [5.74, 6) is 1.24. The fourth-order valence-electron chi connectivity index (χ4n) is 0.946. The third-order valence-electron chi connectivity index (χ3n) is 1.40. The normalized spacial score (nSPS) is 26.2. The van der Waals surface area contributed by atoms with Gasteiger partial charge in [-0.05, 0) is 18.6 Å². The standard InChI is InChI=1S/C6H12N2S2/c7-6(8)10-5-3-1-2-4-9-5/h5H,1-4H2,(H3,7,8). The molecule has 0 aromatic rings. The first-order valence-electron chi connectivity index (χ1n) is 3.41. The lowest BCUT2D eigenvalue weighted by atomic mass is 10.3. The third kappa shape index (κ3) is 2.84. The van der Waals surface area contributed by atoms with E-state index in [4.69, 9.17) is 11.1 Å². The Hall–Kier alpha value is 0.170. The zero-order chi connectivity index (χ0) is 7.40. The van der Waals surface area contributed by atoms with E-state index in [-0.39, 0.29) is 5.17 Å². The van der Waals surface area contributed by atoms with Crippen LogP contribution in [0.1, 0.15) is 19.3 Å². The second kappa shape index (κ2) is 4.13. The smallest absolute Gasteiger partial charge is 0.152 e. The summed E-state index contributed by atoms with van der Waals surface area (Å²) in [7, 11) is 0. The van der Waals surface area contributed by atoms with Gasteiger partial charge in [0, 0.05) is 0 Å². The molecule has 1 aliphatic rings. The second-order valence-electron chi connectivity index (χ2n) is 2.28. The molecule has 0 spiro atoms. The number of hydrogen-bond donors (Lipinski definition) is 2. The van der Waals surface area contributed by atoms with Crippen molar-refractivity contribution in [2.45, 2.75) is 23.8 Å². The lowest BCUT2D eigenvalue weighted by Crippen LogP contribution is -2.12. The van der Waals surface area contributed by atoms with Crippen molar-refractivity contribution < 1.29 is 0 Å². The first-order chi connectivity index (χ1) is 4.79. The van der Waals surface area contributed by atoms with Gasteiger partial charge in [0.2, 0.25) is 0 Å². The van der Waals surface area contributed by atoms with E-state index in [1.807, 2.05) is 11.8 Å². The van der Waals surface area contributed by atoms with Gasteiger partial charge in [-0.3, -0.25) is 5.41 Å². The molecule has 0 aromatic heterocycles. The predicted octanol–water partition coefficient (Wildman–Crippen LogP) is 1.86. The summed E-state index contributed by atoms with van der Waals surface area (Å²) in [5, 5.41) is 7.32. The van der Waals surface area contributed by atoms with Crippen molar-refractivity contribution in [2.24, 2.45) is 5.73 Å². The molecule has 1 aliphatic heterocycles. The molecule has 1 saturated heterocycles. The Labute approximate surface area is 69.8 Å². The topological polar surface area (TPSA) is 49.9 Å². The molecular formula is C6H12N2S2. The molecule has 1 rings (SSSR count). The summed E-state index contributed by atoms with van der Waals surface area (Å²) in [5.41, 5.74) is 5.26. The van der Waals surface area contributed by atoms with Crippen LogP contribution in [0.4, 0.5) is 0 Å². The van der Waals surface area contributed by atoms with Gasteiger partial charge < -0.3 is 5.73 Å². The molecule has 2 nitrogen and oxygen atoms in total. The van der Waals surface area contributed by atoms with Crippen molar-refractivity contribution in [1.29, 1.82) is 5.41 Å². The highest BCUT2D eigenvalue weighted by Gasteiger charge is 2.14. The van der Waals surface area contributed by atoms with Crippen LogP contribution < -0.4 is 5.73 Å². The molecule has 3 N–H and O–H groups in total. The molecule has 0 bridgehead atoms. The highest BCUT2D eigenvalue weighted by atomic mass is 32.2. The van der Waals surface area contributed by atoms with Crippen LogP contribution >= 0.6 is 23.5 Å². The zero-order valence-electron chi connectivity index (χ0n) is 5.80. The number of nitrogens with one attached hydrogen (secondary N) is 1. The van der Waals surface area contributed by atoms with Crippen LogP contribution in [0.2, 0.25) is 0 Å². The minimum atomic E-state index is 0.263. The first-order valence-corrected chi connectivity index (χ1v) is 5.34. The third-order valence-corrected chi connectivity index (χ3v) is 3.98. The van der Waals surface area contributed by atoms with Crippen LogP contribution in [-0.4, -0.2) is 15.5 Å². The van der Waals surface area contributed by atoms with Crippen molar-refractivity contribution in [3.8, 4) is 0 Å². The van der Waals surface area contributed by atoms with E-state index >= 15 is 0 Å². The fraction of sp³-hybridized carbons (Fsp3) is 0.833. The highest BCUT2D eigenvalue weighted by molar-refractivity contribution is 8.24. The molecule has 4 heteroatoms. The van der Waals surface area contributed by atoms with Gasteiger partial charge in [0.15, 0.2) is 5.17 Å². The van der Waals surface area contributed by atoms with Gasteiger partial charge in [-0.1, -0.05) is 18.2 Å². The molecule has 1 unspecified atom stereocenters. The number of rotatable bonds is 1. The Kier molecular flexibility index (Phi) is 3.42. The van der Waals surface area contributed by atoms with Crippen LogP contribution in [0.5, 0.6) is 0 Å². The lowest BCUT2D eigenvalue weighted by molar-refractivity contribution is 0.748. The molecule has 1 heterocycles. The maximum absolute atomic E-state index is 7.06. The molecule has 0 saturated carbocycles. The van der Waals surface area contributed by atoms with Crippen LogP contribution in [0.15, 0.2) is 0 Å². The van der Waals surface area contributed by atoms with Gasteiger partial charge in [-0.25, -0.2) is 0 Å². The van der Waals surface area contributed by atoms with Crippen LogP contribution in [0.25, 0.3) is 0 Å². The zero-order valence-corrected chi connectivity index (χ0v) is 7.43. The Balaban J connectivity index is 2.19. The summed E-state index contributed by atoms with van der Waals surface area (Å²) < 4.78 is 0.561. The minimum Gasteiger partial charge on any atom is -0.379 e. The molecule has 0 aliphatic carbocycles. The summed E-state index contributed by atoms with van der Waals surface area (Å²) in [4.78, 5) is 0. The van der Waals surface area contributed by atoms with Crippen LogP contribution in [-0.2, 0) is 0 Å². The average Bonchev–Trinajstić information content (AvgIpc) is 1.88. The molecule has 0 amide bonds. The first kappa shape index (κ1) is 8.27. The van der Waals surface area contributed by atoms with E-state index in [1.165, 1.54) is 36.8 Å². The maximum atomic E-state index is 7.06. The SMILES string of the molecule is N=C(N)SC1CCCCS1. The lowest BCUT2D eigenvalue weighted by Gasteiger charge is -2.19. The van der Waals surface area contributed by atoms with Gasteiger partial charge in [0.05, 0.1) is 4.58 Å². The Morgan fingerprint density at radius 1 is 1.60 bits per heavy atom. The van der Waals surface area contributed by atoms with Gasteiger partial charge >= 0.3 is 0 Å². The van der Waals surface area contributed by atoms with Gasteiger partial charge in [0.25, 0.3) is 0 Å². The van der Waals surface area contributed by atoms with Crippen LogP contribution in [0, 0.1) is 5.41 Å². The van der Waals surface area contributed by atoms with Gasteiger partial charge in [-0.2, -0.15) is 0 Å². The van der Waals surface area contributed by atoms with Crippen molar-refractivity contribution in [3.63, 3.8) is 0 Å². The predicted molar refractivity (Wildman–Crippen MR) is 49.6 cm³/mol. The van der Waals surface area contributed by atoms with E-state index < -0.39 is 0 Å². The maximum Gasteiger partial charge on any atom is 0.152 e. The molecule has 1 atom stereocenters. The monoisotopic (exact) mass is 176 g/mol. The summed E-state index contributed by atoms with van der Waals surface area (Å²) >= 11 is 3.43. The summed E-state index contributed by atoms with van der Waals surface area (Å²) in [6.07, 6.45) is 3.85. The molecule has 0 radical (unpaired) electrons. The average molecular weight is 176 g/mol. The van der Waals surface area contributed by atoms with E-state index in [1.54, 1.807) is 0 Å². The van der Waals surface area contributed by atoms with E-state index in [0.717, 1.165) is 0 Å². The number of nitrogens with two attached hydrogens (primary N) is 1. The Morgan fingerprint density at radius 2 is 2.40 bits per heavy atom. The molecular weight excluding hydrogens is 164 g/mol. The Morgan fingerprint density at radius 3 is 2.90 bits per heavy atom. The molecule has 58 valence electrons. The van der Waals surface area contributed by atoms with E-state index in [2.05, 4.69) is 0 Å². The van der Waals surface area contributed by atoms with Crippen molar-refractivity contribution in [2.75, 3.05) is 5.75 Å². The van der Waals surface area contributed by atoms with Crippen molar-refractivity contribution >= 4 is 28.7 Å². The van der Waals surface area contributed by atoms with Crippen LogP contribution in [0.3, 0.4) is 0 Å². The molecule has 10 heavy (non-hydrogen) atoms. The fourth-order valence-corrected chi connectivity index (χ4v) is 3.35. The summed E-state index contributed by atoms with van der Waals surface area (Å²) in [6.45, 7) is 0.